The number of hydrogen-bond acceptors (Lipinski definition) is 5. The van der Waals surface area contributed by atoms with Crippen LogP contribution in [0.1, 0.15) is 30.6 Å². The number of benzene rings is 1. The van der Waals surface area contributed by atoms with E-state index in [9.17, 15) is 9.59 Å². The topological polar surface area (TPSA) is 88.7 Å². The van der Waals surface area contributed by atoms with E-state index in [0.717, 1.165) is 13.0 Å². The van der Waals surface area contributed by atoms with E-state index in [1.165, 1.54) is 14.2 Å². The van der Waals surface area contributed by atoms with Gasteiger partial charge in [-0.3, -0.25) is 9.59 Å². The summed E-state index contributed by atoms with van der Waals surface area (Å²) in [6.07, 6.45) is 0.827. The third kappa shape index (κ3) is 6.62. The van der Waals surface area contributed by atoms with Crippen LogP contribution in [0.15, 0.2) is 18.2 Å². The van der Waals surface area contributed by atoms with Gasteiger partial charge in [-0.2, -0.15) is 0 Å². The lowest BCUT2D eigenvalue weighted by atomic mass is 10.0. The first-order valence-electron chi connectivity index (χ1n) is 8.39. The largest absolute Gasteiger partial charge is 0.497 e. The molecule has 0 aliphatic rings. The molecule has 1 aromatic carbocycles. The number of hydrogen-bond donors (Lipinski definition) is 3. The lowest BCUT2D eigenvalue weighted by Gasteiger charge is -2.22. The molecule has 0 radical (unpaired) electrons. The van der Waals surface area contributed by atoms with Crippen molar-refractivity contribution >= 4 is 11.8 Å². The van der Waals surface area contributed by atoms with Gasteiger partial charge in [0.15, 0.2) is 0 Å². The van der Waals surface area contributed by atoms with Crippen molar-refractivity contribution in [3.63, 3.8) is 0 Å². The van der Waals surface area contributed by atoms with Crippen molar-refractivity contribution in [2.24, 2.45) is 5.92 Å². The molecule has 7 nitrogen and oxygen atoms in total. The molecule has 0 fully saturated rings. The molecule has 25 heavy (non-hydrogen) atoms. The van der Waals surface area contributed by atoms with Crippen LogP contribution in [0.25, 0.3) is 0 Å². The van der Waals surface area contributed by atoms with Crippen LogP contribution in [0, 0.1) is 5.92 Å². The number of ether oxygens (including phenoxy) is 2. The highest BCUT2D eigenvalue weighted by atomic mass is 16.5. The van der Waals surface area contributed by atoms with Crippen LogP contribution in [-0.2, 0) is 4.79 Å². The molecule has 1 atom stereocenters. The molecule has 0 heterocycles. The molecule has 7 heteroatoms. The fourth-order valence-corrected chi connectivity index (χ4v) is 2.28. The van der Waals surface area contributed by atoms with Gasteiger partial charge in [0.2, 0.25) is 5.91 Å². The molecule has 0 saturated carbocycles. The summed E-state index contributed by atoms with van der Waals surface area (Å²) < 4.78 is 10.4. The number of amides is 2. The molecule has 2 amide bonds. The average Bonchev–Trinajstić information content (AvgIpc) is 2.61. The van der Waals surface area contributed by atoms with E-state index in [0.29, 0.717) is 23.6 Å². The zero-order valence-corrected chi connectivity index (χ0v) is 15.6. The molecule has 3 N–H and O–H groups in total. The van der Waals surface area contributed by atoms with Crippen molar-refractivity contribution in [1.82, 2.24) is 16.0 Å². The molecule has 1 unspecified atom stereocenters. The van der Waals surface area contributed by atoms with Crippen LogP contribution in [-0.4, -0.2) is 52.2 Å². The third-order valence-corrected chi connectivity index (χ3v) is 3.75. The van der Waals surface area contributed by atoms with Gasteiger partial charge in [0.25, 0.3) is 5.91 Å². The van der Waals surface area contributed by atoms with Crippen LogP contribution >= 0.6 is 0 Å². The fourth-order valence-electron chi connectivity index (χ4n) is 2.28. The van der Waals surface area contributed by atoms with Crippen LogP contribution < -0.4 is 25.4 Å². The Morgan fingerprint density at radius 1 is 1.04 bits per heavy atom. The molecule has 0 aromatic heterocycles. The van der Waals surface area contributed by atoms with Crippen molar-refractivity contribution in [3.05, 3.63) is 23.8 Å². The first kappa shape index (κ1) is 20.8. The van der Waals surface area contributed by atoms with Crippen LogP contribution in [0.3, 0.4) is 0 Å². The quantitative estimate of drug-likeness (QED) is 0.551. The van der Waals surface area contributed by atoms with Gasteiger partial charge >= 0.3 is 0 Å². The highest BCUT2D eigenvalue weighted by Crippen LogP contribution is 2.22. The number of rotatable bonds is 10. The predicted octanol–water partition coefficient (Wildman–Crippen LogP) is 1.18. The minimum absolute atomic E-state index is 0.0410. The van der Waals surface area contributed by atoms with Crippen molar-refractivity contribution in [2.75, 3.05) is 34.4 Å². The lowest BCUT2D eigenvalue weighted by molar-refractivity contribution is -0.123. The maximum Gasteiger partial charge on any atom is 0.252 e. The summed E-state index contributed by atoms with van der Waals surface area (Å²) in [5, 5.41) is 8.68. The molecule has 140 valence electrons. The Balaban J connectivity index is 2.80. The second kappa shape index (κ2) is 10.6. The summed E-state index contributed by atoms with van der Waals surface area (Å²) in [5.41, 5.74) is 0.379. The summed E-state index contributed by atoms with van der Waals surface area (Å²) in [4.78, 5) is 24.9. The number of carbonyl (C=O) groups excluding carboxylic acids is 2. The number of carbonyl (C=O) groups is 2. The Morgan fingerprint density at radius 3 is 2.12 bits per heavy atom. The van der Waals surface area contributed by atoms with E-state index in [-0.39, 0.29) is 17.7 Å². The minimum atomic E-state index is -0.612. The second-order valence-electron chi connectivity index (χ2n) is 6.04. The van der Waals surface area contributed by atoms with Gasteiger partial charge in [0.05, 0.1) is 14.2 Å². The summed E-state index contributed by atoms with van der Waals surface area (Å²) in [7, 11) is 4.90. The van der Waals surface area contributed by atoms with Gasteiger partial charge < -0.3 is 25.4 Å². The zero-order valence-electron chi connectivity index (χ0n) is 15.6. The molecule has 0 aliphatic carbocycles. The summed E-state index contributed by atoms with van der Waals surface area (Å²) in [5.74, 6) is 0.459. The highest BCUT2D eigenvalue weighted by molar-refractivity contribution is 5.98. The Kier molecular flexibility index (Phi) is 8.77. The first-order valence-corrected chi connectivity index (χ1v) is 8.39. The second-order valence-corrected chi connectivity index (χ2v) is 6.04. The highest BCUT2D eigenvalue weighted by Gasteiger charge is 2.24. The molecular formula is C18H29N3O4. The normalized spacial score (nSPS) is 11.8. The van der Waals surface area contributed by atoms with Crippen molar-refractivity contribution in [1.29, 1.82) is 0 Å². The van der Waals surface area contributed by atoms with E-state index < -0.39 is 6.04 Å². The lowest BCUT2D eigenvalue weighted by Crippen LogP contribution is -2.50. The Labute approximate surface area is 149 Å². The summed E-state index contributed by atoms with van der Waals surface area (Å²) in [6, 6.07) is 4.30. The van der Waals surface area contributed by atoms with E-state index in [1.54, 1.807) is 18.2 Å². The number of methoxy groups -OCH3 is 2. The predicted molar refractivity (Wildman–Crippen MR) is 97.2 cm³/mol. The first-order chi connectivity index (χ1) is 11.9. The maximum atomic E-state index is 12.6. The maximum absolute atomic E-state index is 12.6. The van der Waals surface area contributed by atoms with Crippen LogP contribution in [0.5, 0.6) is 11.5 Å². The molecular weight excluding hydrogens is 322 g/mol. The van der Waals surface area contributed by atoms with Gasteiger partial charge in [-0.25, -0.2) is 0 Å². The van der Waals surface area contributed by atoms with Gasteiger partial charge in [-0.1, -0.05) is 13.8 Å². The molecule has 0 saturated heterocycles. The Bertz CT molecular complexity index is 553. The van der Waals surface area contributed by atoms with Crippen LogP contribution in [0.4, 0.5) is 0 Å². The molecule has 1 rings (SSSR count). The Morgan fingerprint density at radius 2 is 1.64 bits per heavy atom. The van der Waals surface area contributed by atoms with E-state index in [2.05, 4.69) is 16.0 Å². The van der Waals surface area contributed by atoms with Gasteiger partial charge in [-0.15, -0.1) is 0 Å². The van der Waals surface area contributed by atoms with Gasteiger partial charge in [0.1, 0.15) is 17.5 Å². The smallest absolute Gasteiger partial charge is 0.252 e. The van der Waals surface area contributed by atoms with Crippen molar-refractivity contribution < 1.29 is 19.1 Å². The van der Waals surface area contributed by atoms with Crippen molar-refractivity contribution in [3.8, 4) is 11.5 Å². The van der Waals surface area contributed by atoms with E-state index >= 15 is 0 Å². The van der Waals surface area contributed by atoms with E-state index in [4.69, 9.17) is 9.47 Å². The molecule has 0 aliphatic heterocycles. The van der Waals surface area contributed by atoms with Crippen molar-refractivity contribution in [2.45, 2.75) is 26.3 Å². The average molecular weight is 351 g/mol. The standard InChI is InChI=1S/C18H29N3O4/c1-12(2)16(18(23)20-8-6-7-19-3)21-17(22)13-9-14(24-4)11-15(10-13)25-5/h9-12,16,19H,6-8H2,1-5H3,(H,20,23)(H,21,22). The van der Waals surface area contributed by atoms with Gasteiger partial charge in [0, 0.05) is 18.2 Å². The summed E-state index contributed by atoms with van der Waals surface area (Å²) in [6.45, 7) is 5.17. The molecule has 0 spiro atoms. The number of nitrogens with one attached hydrogen (secondary N) is 3. The third-order valence-electron chi connectivity index (χ3n) is 3.75. The fraction of sp³-hybridized carbons (Fsp3) is 0.556. The monoisotopic (exact) mass is 351 g/mol. The SMILES string of the molecule is CNCCCNC(=O)C(NC(=O)c1cc(OC)cc(OC)c1)C(C)C. The minimum Gasteiger partial charge on any atom is -0.497 e. The van der Waals surface area contributed by atoms with Crippen LogP contribution in [0.2, 0.25) is 0 Å². The summed E-state index contributed by atoms with van der Waals surface area (Å²) >= 11 is 0. The Hall–Kier alpha value is -2.28. The molecule has 1 aromatic rings. The van der Waals surface area contributed by atoms with E-state index in [1.807, 2.05) is 20.9 Å². The van der Waals surface area contributed by atoms with Gasteiger partial charge in [-0.05, 0) is 38.1 Å². The molecule has 0 bridgehead atoms. The zero-order chi connectivity index (χ0) is 18.8.